The molecule has 19 heavy (non-hydrogen) atoms. The lowest BCUT2D eigenvalue weighted by Crippen LogP contribution is -2.18. The Kier molecular flexibility index (Phi) is 5.38. The monoisotopic (exact) mass is 281 g/mol. The molecule has 106 valence electrons. The van der Waals surface area contributed by atoms with Gasteiger partial charge in [0.15, 0.2) is 0 Å². The molecule has 1 saturated carbocycles. The van der Waals surface area contributed by atoms with Crippen LogP contribution >= 0.6 is 11.6 Å². The number of methoxy groups -OCH3 is 1. The van der Waals surface area contributed by atoms with Crippen LogP contribution in [0.3, 0.4) is 0 Å². The molecule has 0 spiro atoms. The minimum absolute atomic E-state index is 0.584. The predicted molar refractivity (Wildman–Crippen MR) is 82.3 cm³/mol. The molecule has 0 aliphatic heterocycles. The molecule has 2 rings (SSSR count). The number of hydrogen-bond donors (Lipinski definition) is 1. The Morgan fingerprint density at radius 2 is 2.11 bits per heavy atom. The molecule has 1 fully saturated rings. The van der Waals surface area contributed by atoms with E-state index in [9.17, 15) is 0 Å². The normalized spacial score (nSPS) is 23.7. The predicted octanol–water partition coefficient (Wildman–Crippen LogP) is 5.12. The Bertz CT molecular complexity index is 408. The minimum Gasteiger partial charge on any atom is -0.495 e. The molecule has 0 amide bonds. The summed E-state index contributed by atoms with van der Waals surface area (Å²) in [4.78, 5) is 0. The van der Waals surface area contributed by atoms with Crippen molar-refractivity contribution >= 4 is 17.3 Å². The Hall–Kier alpha value is -0.890. The lowest BCUT2D eigenvalue weighted by Gasteiger charge is -2.18. The maximum Gasteiger partial charge on any atom is 0.137 e. The summed E-state index contributed by atoms with van der Waals surface area (Å²) in [6.45, 7) is 2.31. The van der Waals surface area contributed by atoms with E-state index in [1.165, 1.54) is 38.5 Å². The number of hydrogen-bond acceptors (Lipinski definition) is 2. The summed E-state index contributed by atoms with van der Waals surface area (Å²) >= 11 is 6.16. The van der Waals surface area contributed by atoms with Crippen molar-refractivity contribution in [1.82, 2.24) is 0 Å². The van der Waals surface area contributed by atoms with Crippen molar-refractivity contribution in [1.29, 1.82) is 0 Å². The average molecular weight is 282 g/mol. The van der Waals surface area contributed by atoms with Gasteiger partial charge in [0, 0.05) is 11.7 Å². The summed E-state index contributed by atoms with van der Waals surface area (Å²) in [6.07, 6.45) is 7.92. The topological polar surface area (TPSA) is 21.3 Å². The second-order valence-electron chi connectivity index (χ2n) is 5.47. The van der Waals surface area contributed by atoms with Gasteiger partial charge in [0.25, 0.3) is 0 Å². The maximum absolute atomic E-state index is 6.16. The van der Waals surface area contributed by atoms with E-state index in [4.69, 9.17) is 16.3 Å². The highest BCUT2D eigenvalue weighted by atomic mass is 35.5. The molecule has 1 N–H and O–H groups in total. The van der Waals surface area contributed by atoms with Crippen molar-refractivity contribution in [2.75, 3.05) is 12.4 Å². The lowest BCUT2D eigenvalue weighted by atomic mass is 9.98. The Morgan fingerprint density at radius 3 is 2.79 bits per heavy atom. The van der Waals surface area contributed by atoms with Crippen LogP contribution in [0.4, 0.5) is 5.69 Å². The molecule has 2 unspecified atom stereocenters. The van der Waals surface area contributed by atoms with E-state index >= 15 is 0 Å². The largest absolute Gasteiger partial charge is 0.495 e. The summed E-state index contributed by atoms with van der Waals surface area (Å²) in [6, 6.07) is 6.52. The Morgan fingerprint density at radius 1 is 1.26 bits per heavy atom. The molecular weight excluding hydrogens is 258 g/mol. The van der Waals surface area contributed by atoms with E-state index in [0.717, 1.165) is 17.4 Å². The van der Waals surface area contributed by atoms with Gasteiger partial charge < -0.3 is 10.1 Å². The van der Waals surface area contributed by atoms with Gasteiger partial charge in [-0.15, -0.1) is 0 Å². The van der Waals surface area contributed by atoms with Crippen molar-refractivity contribution < 1.29 is 4.74 Å². The van der Waals surface area contributed by atoms with E-state index in [2.05, 4.69) is 12.2 Å². The molecule has 0 aromatic heterocycles. The number of rotatable bonds is 4. The van der Waals surface area contributed by atoms with E-state index in [1.807, 2.05) is 18.2 Å². The Balaban J connectivity index is 1.95. The quantitative estimate of drug-likeness (QED) is 0.774. The second-order valence-corrected chi connectivity index (χ2v) is 5.88. The van der Waals surface area contributed by atoms with Crippen LogP contribution in [0.1, 0.15) is 45.4 Å². The second kappa shape index (κ2) is 7.04. The summed E-state index contributed by atoms with van der Waals surface area (Å²) < 4.78 is 5.18. The first-order chi connectivity index (χ1) is 9.22. The van der Waals surface area contributed by atoms with Crippen LogP contribution in [0.15, 0.2) is 18.2 Å². The van der Waals surface area contributed by atoms with Gasteiger partial charge in [-0.05, 0) is 43.4 Å². The van der Waals surface area contributed by atoms with Crippen molar-refractivity contribution in [3.8, 4) is 5.75 Å². The number of benzene rings is 1. The first kappa shape index (κ1) is 14.5. The fourth-order valence-electron chi connectivity index (χ4n) is 2.92. The highest BCUT2D eigenvalue weighted by molar-refractivity contribution is 6.32. The zero-order valence-electron chi connectivity index (χ0n) is 11.9. The van der Waals surface area contributed by atoms with Crippen LogP contribution < -0.4 is 10.1 Å². The van der Waals surface area contributed by atoms with Crippen LogP contribution in [0.5, 0.6) is 5.75 Å². The molecule has 3 heteroatoms. The molecule has 1 aliphatic carbocycles. The molecule has 1 aromatic carbocycles. The van der Waals surface area contributed by atoms with E-state index in [0.29, 0.717) is 11.1 Å². The number of nitrogens with one attached hydrogen (secondary N) is 1. The average Bonchev–Trinajstić information content (AvgIpc) is 2.64. The smallest absolute Gasteiger partial charge is 0.137 e. The van der Waals surface area contributed by atoms with Gasteiger partial charge in [-0.1, -0.05) is 37.8 Å². The standard InChI is InChI=1S/C16H24ClNO/c1-3-12-5-4-6-13(8-7-12)18-14-9-10-16(19-2)15(17)11-14/h9-13,18H,3-8H2,1-2H3. The van der Waals surface area contributed by atoms with Gasteiger partial charge in [0.1, 0.15) is 5.75 Å². The third-order valence-electron chi connectivity index (χ3n) is 4.19. The Labute approximate surface area is 121 Å². The summed E-state index contributed by atoms with van der Waals surface area (Å²) in [5, 5.41) is 4.29. The fraction of sp³-hybridized carbons (Fsp3) is 0.625. The van der Waals surface area contributed by atoms with Gasteiger partial charge in [0.2, 0.25) is 0 Å². The van der Waals surface area contributed by atoms with Gasteiger partial charge >= 0.3 is 0 Å². The third-order valence-corrected chi connectivity index (χ3v) is 4.48. The molecule has 0 bridgehead atoms. The molecule has 2 atom stereocenters. The van der Waals surface area contributed by atoms with Gasteiger partial charge in [-0.2, -0.15) is 0 Å². The van der Waals surface area contributed by atoms with E-state index in [1.54, 1.807) is 7.11 Å². The van der Waals surface area contributed by atoms with Crippen molar-refractivity contribution in [3.05, 3.63) is 23.2 Å². The van der Waals surface area contributed by atoms with Crippen molar-refractivity contribution in [2.45, 2.75) is 51.5 Å². The fourth-order valence-corrected chi connectivity index (χ4v) is 3.18. The molecular formula is C16H24ClNO. The molecule has 0 saturated heterocycles. The minimum atomic E-state index is 0.584. The van der Waals surface area contributed by atoms with Crippen LogP contribution in [-0.2, 0) is 0 Å². The third kappa shape index (κ3) is 4.04. The molecule has 1 aromatic rings. The summed E-state index contributed by atoms with van der Waals surface area (Å²) in [5.74, 6) is 1.66. The van der Waals surface area contributed by atoms with Gasteiger partial charge in [-0.3, -0.25) is 0 Å². The lowest BCUT2D eigenvalue weighted by molar-refractivity contribution is 0.415. The van der Waals surface area contributed by atoms with Crippen LogP contribution in [0, 0.1) is 5.92 Å². The number of anilines is 1. The zero-order valence-corrected chi connectivity index (χ0v) is 12.7. The molecule has 2 nitrogen and oxygen atoms in total. The molecule has 1 aliphatic rings. The molecule has 0 heterocycles. The molecule has 0 radical (unpaired) electrons. The number of halogens is 1. The van der Waals surface area contributed by atoms with Crippen molar-refractivity contribution in [3.63, 3.8) is 0 Å². The van der Waals surface area contributed by atoms with Gasteiger partial charge in [-0.25, -0.2) is 0 Å². The maximum atomic E-state index is 6.16. The summed E-state index contributed by atoms with van der Waals surface area (Å²) in [5.41, 5.74) is 1.10. The zero-order chi connectivity index (χ0) is 13.7. The van der Waals surface area contributed by atoms with Crippen LogP contribution in [0.25, 0.3) is 0 Å². The van der Waals surface area contributed by atoms with Gasteiger partial charge in [0.05, 0.1) is 12.1 Å². The van der Waals surface area contributed by atoms with E-state index < -0.39 is 0 Å². The van der Waals surface area contributed by atoms with E-state index in [-0.39, 0.29) is 0 Å². The van der Waals surface area contributed by atoms with Crippen LogP contribution in [0.2, 0.25) is 5.02 Å². The number of ether oxygens (including phenoxy) is 1. The highest BCUT2D eigenvalue weighted by Gasteiger charge is 2.17. The SMILES string of the molecule is CCC1CCCC(Nc2ccc(OC)c(Cl)c2)CC1. The first-order valence-electron chi connectivity index (χ1n) is 7.33. The highest BCUT2D eigenvalue weighted by Crippen LogP contribution is 2.30. The summed E-state index contributed by atoms with van der Waals surface area (Å²) in [7, 11) is 1.64. The van der Waals surface area contributed by atoms with Crippen LogP contribution in [-0.4, -0.2) is 13.2 Å². The van der Waals surface area contributed by atoms with Crippen molar-refractivity contribution in [2.24, 2.45) is 5.92 Å². The first-order valence-corrected chi connectivity index (χ1v) is 7.70.